The molecule has 0 spiro atoms. The zero-order valence-corrected chi connectivity index (χ0v) is 13.0. The van der Waals surface area contributed by atoms with Crippen LogP contribution in [0.25, 0.3) is 0 Å². The minimum atomic E-state index is -3.92. The minimum Gasteiger partial charge on any atom is -0.453 e. The van der Waals surface area contributed by atoms with Gasteiger partial charge in [0, 0.05) is 6.07 Å². The van der Waals surface area contributed by atoms with Crippen LogP contribution < -0.4 is 9.46 Å². The van der Waals surface area contributed by atoms with E-state index in [4.69, 9.17) is 10.00 Å². The predicted molar refractivity (Wildman–Crippen MR) is 79.9 cm³/mol. The summed E-state index contributed by atoms with van der Waals surface area (Å²) in [6.45, 7) is 0. The standard InChI is InChI=1S/C15H10F2N2O4S/c1-24(21,22)19-15(20)10-6-12(17)14(7-11(10)16)23-13-5-3-2-4-9(13)8-18/h2-7H,1H3,(H,19,20). The smallest absolute Gasteiger partial charge is 0.267 e. The molecule has 9 heteroatoms. The van der Waals surface area contributed by atoms with Crippen LogP contribution in [0.5, 0.6) is 11.5 Å². The Hall–Kier alpha value is -2.99. The van der Waals surface area contributed by atoms with Crippen LogP contribution in [-0.2, 0) is 10.0 Å². The first kappa shape index (κ1) is 17.4. The van der Waals surface area contributed by atoms with E-state index < -0.39 is 38.9 Å². The van der Waals surface area contributed by atoms with E-state index in [0.717, 1.165) is 0 Å². The molecule has 0 radical (unpaired) electrons. The molecule has 1 amide bonds. The second-order valence-electron chi connectivity index (χ2n) is 4.68. The molecule has 0 saturated carbocycles. The van der Waals surface area contributed by atoms with Gasteiger partial charge in [0.05, 0.1) is 17.4 Å². The highest BCUT2D eigenvalue weighted by atomic mass is 32.2. The third kappa shape index (κ3) is 4.05. The van der Waals surface area contributed by atoms with Crippen molar-refractivity contribution in [3.63, 3.8) is 0 Å². The summed E-state index contributed by atoms with van der Waals surface area (Å²) in [6, 6.07) is 8.87. The van der Waals surface area contributed by atoms with Crippen LogP contribution in [0, 0.1) is 23.0 Å². The molecule has 0 fully saturated rings. The molecule has 0 aliphatic carbocycles. The van der Waals surface area contributed by atoms with Gasteiger partial charge in [0.1, 0.15) is 17.6 Å². The molecule has 2 aromatic carbocycles. The number of hydrogen-bond acceptors (Lipinski definition) is 5. The lowest BCUT2D eigenvalue weighted by atomic mass is 10.2. The number of sulfonamides is 1. The third-order valence-electron chi connectivity index (χ3n) is 2.77. The topological polar surface area (TPSA) is 96.3 Å². The highest BCUT2D eigenvalue weighted by Gasteiger charge is 2.20. The molecule has 124 valence electrons. The largest absolute Gasteiger partial charge is 0.453 e. The normalized spacial score (nSPS) is 10.8. The van der Waals surface area contributed by atoms with E-state index in [0.29, 0.717) is 18.4 Å². The molecule has 0 bridgehead atoms. The van der Waals surface area contributed by atoms with E-state index in [1.807, 2.05) is 6.07 Å². The van der Waals surface area contributed by atoms with E-state index in [2.05, 4.69) is 0 Å². The lowest BCUT2D eigenvalue weighted by Gasteiger charge is -2.10. The lowest BCUT2D eigenvalue weighted by Crippen LogP contribution is -2.30. The van der Waals surface area contributed by atoms with E-state index in [1.165, 1.54) is 16.9 Å². The van der Waals surface area contributed by atoms with Crippen LogP contribution >= 0.6 is 0 Å². The molecule has 1 N–H and O–H groups in total. The van der Waals surface area contributed by atoms with Gasteiger partial charge in [-0.3, -0.25) is 4.79 Å². The molecule has 0 aliphatic heterocycles. The number of nitrogens with zero attached hydrogens (tertiary/aromatic N) is 1. The SMILES string of the molecule is CS(=O)(=O)NC(=O)c1cc(F)c(Oc2ccccc2C#N)cc1F. The molecule has 0 unspecified atom stereocenters. The maximum Gasteiger partial charge on any atom is 0.267 e. The van der Waals surface area contributed by atoms with Crippen molar-refractivity contribution in [2.24, 2.45) is 0 Å². The number of nitrogens with one attached hydrogen (secondary N) is 1. The summed E-state index contributed by atoms with van der Waals surface area (Å²) < 4.78 is 56.7. The summed E-state index contributed by atoms with van der Waals surface area (Å²) in [6.07, 6.45) is 0.704. The van der Waals surface area contributed by atoms with Crippen molar-refractivity contribution in [2.45, 2.75) is 0 Å². The number of nitriles is 1. The summed E-state index contributed by atoms with van der Waals surface area (Å²) in [4.78, 5) is 11.6. The van der Waals surface area contributed by atoms with Crippen LogP contribution in [0.15, 0.2) is 36.4 Å². The monoisotopic (exact) mass is 352 g/mol. The second kappa shape index (κ2) is 6.64. The highest BCUT2D eigenvalue weighted by molar-refractivity contribution is 7.89. The molecular formula is C15H10F2N2O4S. The summed E-state index contributed by atoms with van der Waals surface area (Å²) in [5.74, 6) is -4.12. The number of para-hydroxylation sites is 1. The van der Waals surface area contributed by atoms with Gasteiger partial charge in [-0.1, -0.05) is 12.1 Å². The van der Waals surface area contributed by atoms with Gasteiger partial charge >= 0.3 is 0 Å². The molecule has 6 nitrogen and oxygen atoms in total. The van der Waals surface area contributed by atoms with Crippen LogP contribution in [0.1, 0.15) is 15.9 Å². The van der Waals surface area contributed by atoms with Gasteiger partial charge in [0.2, 0.25) is 10.0 Å². The van der Waals surface area contributed by atoms with E-state index >= 15 is 0 Å². The van der Waals surface area contributed by atoms with Crippen LogP contribution in [-0.4, -0.2) is 20.6 Å². The fourth-order valence-electron chi connectivity index (χ4n) is 1.77. The summed E-state index contributed by atoms with van der Waals surface area (Å²) in [5.41, 5.74) is -0.685. The van der Waals surface area contributed by atoms with Gasteiger partial charge in [-0.2, -0.15) is 5.26 Å². The first-order valence-electron chi connectivity index (χ1n) is 6.39. The Balaban J connectivity index is 2.37. The number of amides is 1. The highest BCUT2D eigenvalue weighted by Crippen LogP contribution is 2.29. The van der Waals surface area contributed by atoms with E-state index in [-0.39, 0.29) is 11.3 Å². The van der Waals surface area contributed by atoms with Crippen molar-refractivity contribution in [3.8, 4) is 17.6 Å². The number of carbonyl (C=O) groups is 1. The average molecular weight is 352 g/mol. The zero-order valence-electron chi connectivity index (χ0n) is 12.2. The number of ether oxygens (including phenoxy) is 1. The molecular weight excluding hydrogens is 342 g/mol. The summed E-state index contributed by atoms with van der Waals surface area (Å²) in [7, 11) is -3.92. The van der Waals surface area contributed by atoms with Crippen LogP contribution in [0.3, 0.4) is 0 Å². The van der Waals surface area contributed by atoms with Gasteiger partial charge in [0.15, 0.2) is 11.6 Å². The Bertz CT molecular complexity index is 952. The number of benzene rings is 2. The zero-order chi connectivity index (χ0) is 17.9. The van der Waals surface area contributed by atoms with Crippen LogP contribution in [0.2, 0.25) is 0 Å². The van der Waals surface area contributed by atoms with Crippen molar-refractivity contribution < 1.29 is 26.7 Å². The molecule has 2 aromatic rings. The summed E-state index contributed by atoms with van der Waals surface area (Å²) >= 11 is 0. The summed E-state index contributed by atoms with van der Waals surface area (Å²) in [5, 5.41) is 8.94. The van der Waals surface area contributed by atoms with E-state index in [9.17, 15) is 22.0 Å². The van der Waals surface area contributed by atoms with Crippen molar-refractivity contribution in [1.29, 1.82) is 5.26 Å². The quantitative estimate of drug-likeness (QED) is 0.911. The molecule has 0 aliphatic rings. The Morgan fingerprint density at radius 2 is 1.83 bits per heavy atom. The molecule has 24 heavy (non-hydrogen) atoms. The lowest BCUT2D eigenvalue weighted by molar-refractivity contribution is 0.0977. The maximum absolute atomic E-state index is 14.0. The third-order valence-corrected chi connectivity index (χ3v) is 3.33. The number of hydrogen-bond donors (Lipinski definition) is 1. The maximum atomic E-state index is 14.0. The Kier molecular flexibility index (Phi) is 4.80. The molecule has 2 rings (SSSR count). The van der Waals surface area contributed by atoms with Gasteiger partial charge in [0.25, 0.3) is 5.91 Å². The van der Waals surface area contributed by atoms with Gasteiger partial charge in [-0.15, -0.1) is 0 Å². The van der Waals surface area contributed by atoms with Gasteiger partial charge < -0.3 is 4.74 Å². The van der Waals surface area contributed by atoms with Gasteiger partial charge in [-0.25, -0.2) is 21.9 Å². The first-order chi connectivity index (χ1) is 11.2. The molecule has 0 heterocycles. The molecule has 0 atom stereocenters. The Labute approximate surface area is 136 Å². The fraction of sp³-hybridized carbons (Fsp3) is 0.0667. The van der Waals surface area contributed by atoms with Gasteiger partial charge in [-0.05, 0) is 18.2 Å². The molecule has 0 saturated heterocycles. The first-order valence-corrected chi connectivity index (χ1v) is 8.28. The molecule has 0 aromatic heterocycles. The van der Waals surface area contributed by atoms with Crippen molar-refractivity contribution in [1.82, 2.24) is 4.72 Å². The second-order valence-corrected chi connectivity index (χ2v) is 6.42. The fourth-order valence-corrected chi connectivity index (χ4v) is 2.22. The van der Waals surface area contributed by atoms with Crippen molar-refractivity contribution in [2.75, 3.05) is 6.26 Å². The van der Waals surface area contributed by atoms with E-state index in [1.54, 1.807) is 12.1 Å². The predicted octanol–water partition coefficient (Wildman–Crippen LogP) is 2.32. The average Bonchev–Trinajstić information content (AvgIpc) is 2.49. The number of halogens is 2. The Morgan fingerprint density at radius 3 is 2.46 bits per heavy atom. The Morgan fingerprint density at radius 1 is 1.17 bits per heavy atom. The number of carbonyl (C=O) groups excluding carboxylic acids is 1. The minimum absolute atomic E-state index is 0.00615. The van der Waals surface area contributed by atoms with Crippen molar-refractivity contribution >= 4 is 15.9 Å². The van der Waals surface area contributed by atoms with Crippen LogP contribution in [0.4, 0.5) is 8.78 Å². The number of rotatable bonds is 4. The van der Waals surface area contributed by atoms with Crippen molar-refractivity contribution in [3.05, 3.63) is 59.2 Å².